The number of alkyl halides is 3. The summed E-state index contributed by atoms with van der Waals surface area (Å²) in [6, 6.07) is 16.9. The lowest BCUT2D eigenvalue weighted by atomic mass is 9.96. The number of nitrogens with one attached hydrogen (secondary N) is 1. The molecule has 0 fully saturated rings. The van der Waals surface area contributed by atoms with Gasteiger partial charge in [-0.15, -0.1) is 0 Å². The van der Waals surface area contributed by atoms with E-state index in [1.807, 2.05) is 6.07 Å². The third kappa shape index (κ3) is 6.00. The first-order valence-electron chi connectivity index (χ1n) is 11.6. The van der Waals surface area contributed by atoms with Gasteiger partial charge in [0.05, 0.1) is 22.9 Å². The molecule has 0 saturated carbocycles. The highest BCUT2D eigenvalue weighted by atomic mass is 19.4. The minimum atomic E-state index is -4.66. The minimum absolute atomic E-state index is 0.0542. The van der Waals surface area contributed by atoms with Gasteiger partial charge >= 0.3 is 12.2 Å². The molecule has 0 spiro atoms. The second-order valence-corrected chi connectivity index (χ2v) is 8.57. The number of benzene rings is 3. The molecule has 1 atom stereocenters. The zero-order valence-electron chi connectivity index (χ0n) is 20.0. The molecule has 0 aromatic heterocycles. The van der Waals surface area contributed by atoms with Crippen LogP contribution in [0.25, 0.3) is 0 Å². The molecule has 0 unspecified atom stereocenters. The average molecular weight is 523 g/mol. The van der Waals surface area contributed by atoms with Crippen LogP contribution in [0.3, 0.4) is 0 Å². The Morgan fingerprint density at radius 2 is 1.71 bits per heavy atom. The molecule has 3 aromatic carbocycles. The molecule has 3 aromatic rings. The summed E-state index contributed by atoms with van der Waals surface area (Å²) in [5.74, 6) is -1.10. The molecule has 0 bridgehead atoms. The Balaban J connectivity index is 1.69. The maximum Gasteiger partial charge on any atom is 0.416 e. The third-order valence-corrected chi connectivity index (χ3v) is 6.05. The Hall–Kier alpha value is -4.65. The monoisotopic (exact) mass is 522 g/mol. The van der Waals surface area contributed by atoms with Crippen molar-refractivity contribution in [3.05, 3.63) is 113 Å². The summed E-state index contributed by atoms with van der Waals surface area (Å²) in [6.07, 6.45) is -1.68. The zero-order valence-corrected chi connectivity index (χ0v) is 20.0. The van der Waals surface area contributed by atoms with Gasteiger partial charge in [0.15, 0.2) is 0 Å². The number of hydrogen-bond acceptors (Lipinski definition) is 3. The maximum atomic E-state index is 13.9. The molecule has 194 valence electrons. The van der Waals surface area contributed by atoms with Crippen molar-refractivity contribution >= 4 is 17.6 Å². The summed E-state index contributed by atoms with van der Waals surface area (Å²) in [4.78, 5) is 29.0. The van der Waals surface area contributed by atoms with Crippen molar-refractivity contribution in [2.45, 2.75) is 18.8 Å². The fourth-order valence-electron chi connectivity index (χ4n) is 4.19. The number of nitrogens with zero attached hydrogens (tertiary/aromatic N) is 3. The summed E-state index contributed by atoms with van der Waals surface area (Å²) < 4.78 is 55.1. The topological polar surface area (TPSA) is 76.4 Å². The molecule has 3 amide bonds. The van der Waals surface area contributed by atoms with Crippen LogP contribution in [0.1, 0.15) is 28.3 Å². The number of anilines is 1. The Morgan fingerprint density at radius 1 is 1.03 bits per heavy atom. The van der Waals surface area contributed by atoms with Crippen molar-refractivity contribution in [2.24, 2.45) is 0 Å². The molecule has 1 N–H and O–H groups in total. The van der Waals surface area contributed by atoms with Crippen molar-refractivity contribution in [2.75, 3.05) is 18.4 Å². The van der Waals surface area contributed by atoms with Gasteiger partial charge in [-0.25, -0.2) is 9.18 Å². The van der Waals surface area contributed by atoms with Crippen molar-refractivity contribution < 1.29 is 27.2 Å². The van der Waals surface area contributed by atoms with E-state index in [1.54, 1.807) is 18.2 Å². The minimum Gasteiger partial charge on any atom is -0.326 e. The molecular weight excluding hydrogens is 500 g/mol. The van der Waals surface area contributed by atoms with Gasteiger partial charge < -0.3 is 15.1 Å². The number of rotatable bonds is 4. The lowest BCUT2D eigenvalue weighted by molar-refractivity contribution is -0.141. The van der Waals surface area contributed by atoms with Gasteiger partial charge in [0, 0.05) is 13.1 Å². The van der Waals surface area contributed by atoms with E-state index >= 15 is 0 Å². The molecule has 0 saturated heterocycles. The molecule has 38 heavy (non-hydrogen) atoms. The van der Waals surface area contributed by atoms with Crippen LogP contribution in [-0.2, 0) is 17.5 Å². The van der Waals surface area contributed by atoms with Crippen LogP contribution in [0.15, 0.2) is 84.9 Å². The first-order valence-corrected chi connectivity index (χ1v) is 11.6. The van der Waals surface area contributed by atoms with Crippen LogP contribution in [0.5, 0.6) is 0 Å². The Bertz CT molecular complexity index is 1400. The van der Waals surface area contributed by atoms with E-state index in [9.17, 15) is 32.4 Å². The zero-order chi connectivity index (χ0) is 27.3. The fraction of sp³-hybridized carbons (Fsp3) is 0.179. The number of halogens is 4. The van der Waals surface area contributed by atoms with E-state index in [1.165, 1.54) is 70.5 Å². The van der Waals surface area contributed by atoms with Crippen LogP contribution in [0.2, 0.25) is 0 Å². The van der Waals surface area contributed by atoms with Gasteiger partial charge in [-0.3, -0.25) is 4.79 Å². The van der Waals surface area contributed by atoms with Crippen LogP contribution in [-0.4, -0.2) is 34.8 Å². The van der Waals surface area contributed by atoms with Crippen LogP contribution in [0, 0.1) is 17.1 Å². The SMILES string of the molecule is N#Cc1ccccc1NC(=O)N1C/C=C\[C@H](c2ccccc2C(F)(F)F)N(Cc2ccc(F)cc2)C(=O)C1. The highest BCUT2D eigenvalue weighted by molar-refractivity contribution is 5.93. The molecule has 10 heteroatoms. The highest BCUT2D eigenvalue weighted by Gasteiger charge is 2.37. The second kappa shape index (κ2) is 11.2. The van der Waals surface area contributed by atoms with Crippen LogP contribution >= 0.6 is 0 Å². The molecule has 4 rings (SSSR count). The van der Waals surface area contributed by atoms with Crippen molar-refractivity contribution in [3.8, 4) is 6.07 Å². The van der Waals surface area contributed by atoms with E-state index < -0.39 is 42.1 Å². The second-order valence-electron chi connectivity index (χ2n) is 8.57. The molecule has 1 aliphatic heterocycles. The van der Waals surface area contributed by atoms with Gasteiger partial charge in [0.2, 0.25) is 5.91 Å². The van der Waals surface area contributed by atoms with Gasteiger partial charge in [-0.1, -0.05) is 54.6 Å². The number of carbonyl (C=O) groups is 2. The Labute approximate surface area is 216 Å². The number of urea groups is 1. The fourth-order valence-corrected chi connectivity index (χ4v) is 4.19. The predicted molar refractivity (Wildman–Crippen MR) is 132 cm³/mol. The van der Waals surface area contributed by atoms with Crippen LogP contribution in [0.4, 0.5) is 28.0 Å². The number of carbonyl (C=O) groups excluding carboxylic acids is 2. The normalized spacial score (nSPS) is 16.8. The van der Waals surface area contributed by atoms with E-state index in [-0.39, 0.29) is 29.9 Å². The van der Waals surface area contributed by atoms with Gasteiger partial charge in [-0.2, -0.15) is 18.4 Å². The average Bonchev–Trinajstić information content (AvgIpc) is 2.89. The number of amides is 3. The lowest BCUT2D eigenvalue weighted by Crippen LogP contribution is -2.46. The number of hydrogen-bond donors (Lipinski definition) is 1. The first-order chi connectivity index (χ1) is 18.2. The first kappa shape index (κ1) is 26.4. The molecule has 0 radical (unpaired) electrons. The van der Waals surface area contributed by atoms with E-state index in [4.69, 9.17) is 0 Å². The van der Waals surface area contributed by atoms with Crippen LogP contribution < -0.4 is 5.32 Å². The largest absolute Gasteiger partial charge is 0.416 e. The van der Waals surface area contributed by atoms with E-state index in [0.29, 0.717) is 5.56 Å². The molecule has 1 aliphatic rings. The standard InChI is InChI=1S/C28H22F4N4O2/c29-21-13-11-19(12-14-21)17-36-25(22-7-2-3-8-23(22)28(30,31)32)10-5-15-35(18-26(36)37)27(38)34-24-9-4-1-6-20(24)16-33/h1-14,25H,15,17-18H2,(H,34,38)/b10-5-/t25-/m1/s1. The predicted octanol–water partition coefficient (Wildman–Crippen LogP) is 5.89. The smallest absolute Gasteiger partial charge is 0.326 e. The number of nitriles is 1. The maximum absolute atomic E-state index is 13.9. The lowest BCUT2D eigenvalue weighted by Gasteiger charge is -2.35. The Kier molecular flexibility index (Phi) is 7.76. The summed E-state index contributed by atoms with van der Waals surface area (Å²) in [5.41, 5.74) is -0.000259. The van der Waals surface area contributed by atoms with Gasteiger partial charge in [0.1, 0.15) is 18.4 Å². The van der Waals surface area contributed by atoms with Gasteiger partial charge in [-0.05, 0) is 41.5 Å². The third-order valence-electron chi connectivity index (χ3n) is 6.05. The summed E-state index contributed by atoms with van der Waals surface area (Å²) in [6.45, 7) is -0.606. The highest BCUT2D eigenvalue weighted by Crippen LogP contribution is 2.37. The van der Waals surface area contributed by atoms with Crippen molar-refractivity contribution in [3.63, 3.8) is 0 Å². The Morgan fingerprint density at radius 3 is 2.42 bits per heavy atom. The summed E-state index contributed by atoms with van der Waals surface area (Å²) >= 11 is 0. The van der Waals surface area contributed by atoms with E-state index in [0.717, 1.165) is 6.07 Å². The number of para-hydroxylation sites is 1. The van der Waals surface area contributed by atoms with Crippen molar-refractivity contribution in [1.29, 1.82) is 5.26 Å². The molecule has 1 heterocycles. The van der Waals surface area contributed by atoms with E-state index in [2.05, 4.69) is 5.32 Å². The summed E-state index contributed by atoms with van der Waals surface area (Å²) in [5, 5.41) is 11.9. The van der Waals surface area contributed by atoms with Gasteiger partial charge in [0.25, 0.3) is 0 Å². The summed E-state index contributed by atoms with van der Waals surface area (Å²) in [7, 11) is 0. The van der Waals surface area contributed by atoms with Crippen molar-refractivity contribution in [1.82, 2.24) is 9.80 Å². The molecular formula is C28H22F4N4O2. The molecule has 0 aliphatic carbocycles. The quantitative estimate of drug-likeness (QED) is 0.343. The molecule has 6 nitrogen and oxygen atoms in total.